The minimum atomic E-state index is -5.79. The van der Waals surface area contributed by atoms with E-state index in [-0.39, 0.29) is 39.3 Å². The number of amides is 1. The maximum Gasteiger partial charge on any atom is 0.434 e. The van der Waals surface area contributed by atoms with Gasteiger partial charge >= 0.3 is 24.4 Å². The molecule has 1 heterocycles. The lowest BCUT2D eigenvalue weighted by molar-refractivity contribution is -0.308. The summed E-state index contributed by atoms with van der Waals surface area (Å²) < 4.78 is 85.3. The van der Waals surface area contributed by atoms with Crippen LogP contribution in [0.25, 0.3) is 0 Å². The zero-order valence-electron chi connectivity index (χ0n) is 18.2. The van der Waals surface area contributed by atoms with E-state index in [0.717, 1.165) is 4.90 Å². The molecule has 0 unspecified atom stereocenters. The third-order valence-corrected chi connectivity index (χ3v) is 5.85. The number of hydrogen-bond acceptors (Lipinski definition) is 6. The molecule has 0 aromatic heterocycles. The average molecular weight is 509 g/mol. The Labute approximate surface area is 195 Å². The molecule has 1 saturated carbocycles. The second-order valence-corrected chi connectivity index (χ2v) is 8.42. The van der Waals surface area contributed by atoms with Crippen molar-refractivity contribution in [3.05, 3.63) is 29.3 Å². The number of ether oxygens (including phenoxy) is 2. The highest BCUT2D eigenvalue weighted by Gasteiger charge is 2.60. The summed E-state index contributed by atoms with van der Waals surface area (Å²) in [6, 6.07) is 6.58. The molecule has 0 bridgehead atoms. The predicted octanol–water partition coefficient (Wildman–Crippen LogP) is 3.55. The number of piperazine rings is 1. The Balaban J connectivity index is 1.60. The standard InChI is InChI=1S/C21H21F6N3O5/c22-20(23,24)16(21(25,26)27)35-18(33)30-7-5-29(6-8-30)11-14-2-1-13(10-28)9-15(14)34-12-19(3-4-19)17(31)32/h1-2,9,16H,3-8,11-12H2,(H,31,32). The summed E-state index contributed by atoms with van der Waals surface area (Å²) in [4.78, 5) is 25.9. The van der Waals surface area contributed by atoms with Crippen LogP contribution >= 0.6 is 0 Å². The van der Waals surface area contributed by atoms with E-state index in [1.807, 2.05) is 6.07 Å². The number of alkyl halides is 6. The summed E-state index contributed by atoms with van der Waals surface area (Å²) in [6.07, 6.45) is -16.6. The minimum absolute atomic E-state index is 0.0799. The second-order valence-electron chi connectivity index (χ2n) is 8.42. The summed E-state index contributed by atoms with van der Waals surface area (Å²) in [5.74, 6) is -0.673. The molecule has 2 aliphatic rings. The van der Waals surface area contributed by atoms with Crippen molar-refractivity contribution in [3.8, 4) is 11.8 Å². The van der Waals surface area contributed by atoms with Crippen molar-refractivity contribution in [1.82, 2.24) is 9.80 Å². The molecule has 0 radical (unpaired) electrons. The molecule has 0 spiro atoms. The Morgan fingerprint density at radius 3 is 2.17 bits per heavy atom. The van der Waals surface area contributed by atoms with E-state index in [0.29, 0.717) is 29.7 Å². The van der Waals surface area contributed by atoms with E-state index >= 15 is 0 Å². The summed E-state index contributed by atoms with van der Waals surface area (Å²) in [5.41, 5.74) is -0.0628. The van der Waals surface area contributed by atoms with Gasteiger partial charge < -0.3 is 19.5 Å². The van der Waals surface area contributed by atoms with Crippen molar-refractivity contribution in [3.63, 3.8) is 0 Å². The number of halogens is 6. The third-order valence-electron chi connectivity index (χ3n) is 5.85. The van der Waals surface area contributed by atoms with Gasteiger partial charge in [-0.2, -0.15) is 31.6 Å². The van der Waals surface area contributed by atoms with Gasteiger partial charge in [0.15, 0.2) is 0 Å². The maximum atomic E-state index is 12.6. The molecular weight excluding hydrogens is 488 g/mol. The first kappa shape index (κ1) is 26.4. The number of benzene rings is 1. The first-order valence-electron chi connectivity index (χ1n) is 10.5. The molecule has 1 amide bonds. The molecule has 3 rings (SSSR count). The van der Waals surface area contributed by atoms with Crippen molar-refractivity contribution in [1.29, 1.82) is 5.26 Å². The van der Waals surface area contributed by atoms with Gasteiger partial charge in [-0.15, -0.1) is 0 Å². The molecule has 1 saturated heterocycles. The summed E-state index contributed by atoms with van der Waals surface area (Å²) in [5, 5.41) is 18.5. The molecule has 35 heavy (non-hydrogen) atoms. The molecule has 1 aliphatic carbocycles. The first-order chi connectivity index (χ1) is 16.2. The largest absolute Gasteiger partial charge is 0.492 e. The number of aliphatic carboxylic acids is 1. The van der Waals surface area contributed by atoms with E-state index in [1.54, 1.807) is 11.0 Å². The quantitative estimate of drug-likeness (QED) is 0.561. The maximum absolute atomic E-state index is 12.6. The van der Waals surface area contributed by atoms with Crippen LogP contribution in [0.1, 0.15) is 24.0 Å². The van der Waals surface area contributed by atoms with Gasteiger partial charge in [0.2, 0.25) is 0 Å². The van der Waals surface area contributed by atoms with Gasteiger partial charge in [-0.3, -0.25) is 9.69 Å². The number of nitriles is 1. The highest BCUT2D eigenvalue weighted by molar-refractivity contribution is 5.78. The van der Waals surface area contributed by atoms with Gasteiger partial charge in [0.25, 0.3) is 6.10 Å². The summed E-state index contributed by atoms with van der Waals surface area (Å²) >= 11 is 0. The van der Waals surface area contributed by atoms with Crippen LogP contribution < -0.4 is 4.74 Å². The number of rotatable bonds is 7. The SMILES string of the molecule is N#Cc1ccc(CN2CCN(C(=O)OC(C(F)(F)F)C(F)(F)F)CC2)c(OCC2(C(=O)O)CC2)c1. The first-order valence-corrected chi connectivity index (χ1v) is 10.5. The predicted molar refractivity (Wildman–Crippen MR) is 105 cm³/mol. The van der Waals surface area contributed by atoms with Crippen LogP contribution in [0.5, 0.6) is 5.75 Å². The van der Waals surface area contributed by atoms with Crippen LogP contribution in [0.15, 0.2) is 18.2 Å². The van der Waals surface area contributed by atoms with Gasteiger partial charge in [-0.25, -0.2) is 4.79 Å². The fourth-order valence-electron chi connectivity index (χ4n) is 3.50. The molecule has 1 aromatic carbocycles. The Hall–Kier alpha value is -3.21. The van der Waals surface area contributed by atoms with Crippen molar-refractivity contribution < 1.29 is 50.5 Å². The van der Waals surface area contributed by atoms with Crippen LogP contribution in [-0.2, 0) is 16.1 Å². The minimum Gasteiger partial charge on any atom is -0.492 e. The Bertz CT molecular complexity index is 981. The molecule has 1 aromatic rings. The highest BCUT2D eigenvalue weighted by Crippen LogP contribution is 2.46. The Kier molecular flexibility index (Phi) is 7.39. The van der Waals surface area contributed by atoms with Gasteiger partial charge in [0.1, 0.15) is 17.8 Å². The van der Waals surface area contributed by atoms with Crippen LogP contribution in [0.4, 0.5) is 31.1 Å². The number of carbonyl (C=O) groups is 2. The highest BCUT2D eigenvalue weighted by atomic mass is 19.4. The summed E-state index contributed by atoms with van der Waals surface area (Å²) in [7, 11) is 0. The molecular formula is C21H21F6N3O5. The average Bonchev–Trinajstić information content (AvgIpc) is 3.57. The number of carbonyl (C=O) groups excluding carboxylic acids is 1. The van der Waals surface area contributed by atoms with E-state index < -0.39 is 35.9 Å². The van der Waals surface area contributed by atoms with Crippen molar-refractivity contribution >= 4 is 12.1 Å². The van der Waals surface area contributed by atoms with Gasteiger partial charge in [0.05, 0.1) is 11.6 Å². The van der Waals surface area contributed by atoms with Crippen molar-refractivity contribution in [2.24, 2.45) is 5.41 Å². The van der Waals surface area contributed by atoms with Crippen molar-refractivity contribution in [2.75, 3.05) is 32.8 Å². The Morgan fingerprint density at radius 1 is 1.09 bits per heavy atom. The number of nitrogens with zero attached hydrogens (tertiary/aromatic N) is 3. The number of carboxylic acid groups (broad SMARTS) is 1. The van der Waals surface area contributed by atoms with Crippen LogP contribution in [0, 0.1) is 16.7 Å². The third kappa shape index (κ3) is 6.47. The lowest BCUT2D eigenvalue weighted by Crippen LogP contribution is -2.52. The number of carboxylic acids is 1. The van der Waals surface area contributed by atoms with Crippen LogP contribution in [0.3, 0.4) is 0 Å². The van der Waals surface area contributed by atoms with E-state index in [4.69, 9.17) is 10.00 Å². The topological polar surface area (TPSA) is 103 Å². The summed E-state index contributed by atoms with van der Waals surface area (Å²) in [6.45, 7) is 0.0550. The van der Waals surface area contributed by atoms with Gasteiger partial charge in [-0.05, 0) is 25.0 Å². The molecule has 192 valence electrons. The zero-order valence-corrected chi connectivity index (χ0v) is 18.2. The van der Waals surface area contributed by atoms with Crippen LogP contribution in [0.2, 0.25) is 0 Å². The van der Waals surface area contributed by atoms with E-state index in [2.05, 4.69) is 4.74 Å². The van der Waals surface area contributed by atoms with E-state index in [9.17, 15) is 41.0 Å². The molecule has 14 heteroatoms. The van der Waals surface area contributed by atoms with Gasteiger partial charge in [-0.1, -0.05) is 6.07 Å². The second kappa shape index (κ2) is 9.80. The normalized spacial score (nSPS) is 18.2. The van der Waals surface area contributed by atoms with Gasteiger partial charge in [0, 0.05) is 38.3 Å². The molecule has 1 aliphatic heterocycles. The number of hydrogen-bond donors (Lipinski definition) is 1. The fraction of sp³-hybridized carbons (Fsp3) is 0.571. The molecule has 1 N–H and O–H groups in total. The molecule has 2 fully saturated rings. The lowest BCUT2D eigenvalue weighted by atomic mass is 10.1. The van der Waals surface area contributed by atoms with Crippen molar-refractivity contribution in [2.45, 2.75) is 37.8 Å². The molecule has 0 atom stereocenters. The lowest BCUT2D eigenvalue weighted by Gasteiger charge is -2.35. The van der Waals surface area contributed by atoms with Crippen LogP contribution in [-0.4, -0.2) is 78.2 Å². The zero-order chi connectivity index (χ0) is 26.0. The molecule has 8 nitrogen and oxygen atoms in total. The monoisotopic (exact) mass is 509 g/mol. The smallest absolute Gasteiger partial charge is 0.434 e. The Morgan fingerprint density at radius 2 is 1.69 bits per heavy atom. The fourth-order valence-corrected chi connectivity index (χ4v) is 3.50. The van der Waals surface area contributed by atoms with E-state index in [1.165, 1.54) is 12.1 Å².